The van der Waals surface area contributed by atoms with Gasteiger partial charge in [-0.1, -0.05) is 205 Å². The van der Waals surface area contributed by atoms with Gasteiger partial charge in [0, 0.05) is 69.2 Å². The minimum absolute atomic E-state index is 0.0581. The molecule has 85 heavy (non-hydrogen) atoms. The van der Waals surface area contributed by atoms with E-state index >= 15 is 0 Å². The highest BCUT2D eigenvalue weighted by Crippen LogP contribution is 2.55. The van der Waals surface area contributed by atoms with Crippen LogP contribution in [0.5, 0.6) is 0 Å². The summed E-state index contributed by atoms with van der Waals surface area (Å²) in [6.07, 6.45) is 16.5. The van der Waals surface area contributed by atoms with Gasteiger partial charge in [-0.25, -0.2) is 0 Å². The fourth-order valence-corrected chi connectivity index (χ4v) is 17.3. The fourth-order valence-electron chi connectivity index (χ4n) is 15.5. The Hall–Kier alpha value is -9.06. The Balaban J connectivity index is 0.602. The van der Waals surface area contributed by atoms with E-state index in [-0.39, 0.29) is 16.2 Å². The normalized spacial score (nSPS) is 17.5. The zero-order valence-electron chi connectivity index (χ0n) is 48.6. The minimum Gasteiger partial charge on any atom is -0.310 e. The maximum atomic E-state index is 2.55. The van der Waals surface area contributed by atoms with Crippen LogP contribution in [0.3, 0.4) is 0 Å². The van der Waals surface area contributed by atoms with Gasteiger partial charge in [0.05, 0.1) is 22.1 Å². The summed E-state index contributed by atoms with van der Waals surface area (Å²) in [5.74, 6) is 0.812. The zero-order valence-corrected chi connectivity index (χ0v) is 50.2. The predicted octanol–water partition coefficient (Wildman–Crippen LogP) is 22.4. The zero-order chi connectivity index (χ0) is 57.1. The molecule has 0 spiro atoms. The third-order valence-electron chi connectivity index (χ3n) is 19.9. The molecule has 0 saturated carbocycles. The van der Waals surface area contributed by atoms with E-state index < -0.39 is 0 Å². The second kappa shape index (κ2) is 18.5. The first-order valence-electron chi connectivity index (χ1n) is 30.0. The Kier molecular flexibility index (Phi) is 11.0. The predicted molar refractivity (Wildman–Crippen MR) is 365 cm³/mol. The molecule has 4 aromatic heterocycles. The minimum atomic E-state index is -0.137. The van der Waals surface area contributed by atoms with Crippen molar-refractivity contribution >= 4 is 96.3 Å². The molecule has 13 aromatic rings. The lowest BCUT2D eigenvalue weighted by Gasteiger charge is -2.31. The number of benzene rings is 9. The van der Waals surface area contributed by atoms with Crippen LogP contribution in [-0.4, -0.2) is 9.13 Å². The number of thiophene rings is 2. The smallest absolute Gasteiger partial charge is 0.0541 e. The molecule has 0 fully saturated rings. The molecular formula is C81H62N2S2. The number of nitrogens with zero attached hydrogens (tertiary/aromatic N) is 2. The van der Waals surface area contributed by atoms with Crippen LogP contribution in [0.2, 0.25) is 0 Å². The molecule has 0 amide bonds. The molecule has 4 heterocycles. The van der Waals surface area contributed by atoms with Gasteiger partial charge in [-0.15, -0.1) is 22.7 Å². The van der Waals surface area contributed by atoms with Crippen LogP contribution in [-0.2, 0) is 16.2 Å². The number of rotatable bonds is 8. The monoisotopic (exact) mass is 1130 g/mol. The van der Waals surface area contributed by atoms with E-state index in [1.54, 1.807) is 0 Å². The van der Waals surface area contributed by atoms with Gasteiger partial charge in [0.25, 0.3) is 0 Å². The molecule has 0 saturated heterocycles. The standard InChI is InChI=1S/C81H62N2S2/c1-79(2)67-19-11-7-15-57(67)61-37-29-53(47-71(61)79)82-73-21-13-9-17-63(73)65-45-51(27-39-75(65)82)77-41-33-55(84-77)31-23-49-25-35-59-60-36-26-50(44-70(60)81(5,6)69(59)43-49)24-32-56-34-42-78(85-56)52-28-40-76-66(46-52)64-18-10-14-22-74(64)83(76)54-30-38-62-58-16-8-12-20-68(58)80(3,4)72(62)48-54/h7-48,61,71H,1-6H3/b31-23+,32-24+. The first kappa shape index (κ1) is 50.5. The number of para-hydroxylation sites is 2. The summed E-state index contributed by atoms with van der Waals surface area (Å²) in [6, 6.07) is 80.1. The van der Waals surface area contributed by atoms with Gasteiger partial charge in [0.2, 0.25) is 0 Å². The van der Waals surface area contributed by atoms with Gasteiger partial charge in [-0.05, 0) is 180 Å². The first-order chi connectivity index (χ1) is 41.4. The fraction of sp³-hybridized carbons (Fsp3) is 0.136. The summed E-state index contributed by atoms with van der Waals surface area (Å²) >= 11 is 3.71. The quantitative estimate of drug-likeness (QED) is 0.144. The van der Waals surface area contributed by atoms with Crippen molar-refractivity contribution in [3.63, 3.8) is 0 Å². The number of allylic oxidation sites excluding steroid dienone is 4. The van der Waals surface area contributed by atoms with Gasteiger partial charge in [0.1, 0.15) is 0 Å². The molecule has 4 aliphatic carbocycles. The molecule has 4 heteroatoms. The van der Waals surface area contributed by atoms with E-state index in [9.17, 15) is 0 Å². The van der Waals surface area contributed by atoms with Crippen LogP contribution in [0.15, 0.2) is 231 Å². The summed E-state index contributed by atoms with van der Waals surface area (Å²) < 4.78 is 4.95. The van der Waals surface area contributed by atoms with E-state index in [1.807, 2.05) is 22.7 Å². The number of aromatic nitrogens is 2. The third kappa shape index (κ3) is 7.61. The number of hydrogen-bond acceptors (Lipinski definition) is 2. The molecule has 0 aliphatic heterocycles. The lowest BCUT2D eigenvalue weighted by molar-refractivity contribution is 0.394. The summed E-state index contributed by atoms with van der Waals surface area (Å²) in [5, 5.41) is 5.13. The van der Waals surface area contributed by atoms with Gasteiger partial charge < -0.3 is 9.13 Å². The molecule has 2 nitrogen and oxygen atoms in total. The highest BCUT2D eigenvalue weighted by molar-refractivity contribution is 7.16. The SMILES string of the molecule is CC1(C)c2cc(/C=C/c3ccc(-c4ccc5c(c4)c4ccccc4n5C4=CC5C(C=C4)c4ccccc4C5(C)C)s3)ccc2-c2ccc(/C=C/c3ccc(-c4ccc5c(c4)c4ccccc4n5-c4ccc5c(c4)C(C)(C)c4ccccc4-5)s3)cc21. The van der Waals surface area contributed by atoms with Crippen molar-refractivity contribution in [1.82, 2.24) is 9.13 Å². The number of hydrogen-bond donors (Lipinski definition) is 0. The van der Waals surface area contributed by atoms with Crippen LogP contribution >= 0.6 is 22.7 Å². The van der Waals surface area contributed by atoms with Gasteiger partial charge in [-0.2, -0.15) is 0 Å². The van der Waals surface area contributed by atoms with Crippen molar-refractivity contribution in [3.8, 4) is 48.8 Å². The Labute approximate surface area is 505 Å². The average Bonchev–Trinajstić information content (AvgIpc) is 1.81. The molecule has 4 aliphatic rings. The van der Waals surface area contributed by atoms with Crippen molar-refractivity contribution < 1.29 is 0 Å². The van der Waals surface area contributed by atoms with Crippen LogP contribution < -0.4 is 0 Å². The Morgan fingerprint density at radius 2 is 0.882 bits per heavy atom. The van der Waals surface area contributed by atoms with E-state index in [0.717, 1.165) is 0 Å². The molecule has 17 rings (SSSR count). The van der Waals surface area contributed by atoms with Gasteiger partial charge in [-0.3, -0.25) is 0 Å². The third-order valence-corrected chi connectivity index (χ3v) is 22.1. The summed E-state index contributed by atoms with van der Waals surface area (Å²) in [6.45, 7) is 14.3. The molecule has 408 valence electrons. The molecule has 2 atom stereocenters. The second-order valence-electron chi connectivity index (χ2n) is 25.7. The van der Waals surface area contributed by atoms with Gasteiger partial charge in [0.15, 0.2) is 0 Å². The lowest BCUT2D eigenvalue weighted by atomic mass is 9.74. The molecule has 0 bridgehead atoms. The summed E-state index contributed by atoms with van der Waals surface area (Å²) in [5.41, 5.74) is 26.1. The molecular weight excluding hydrogens is 1070 g/mol. The van der Waals surface area contributed by atoms with E-state index in [0.29, 0.717) is 11.8 Å². The van der Waals surface area contributed by atoms with Crippen molar-refractivity contribution in [3.05, 3.63) is 285 Å². The highest BCUT2D eigenvalue weighted by atomic mass is 32.1. The van der Waals surface area contributed by atoms with Crippen LogP contribution in [0.25, 0.3) is 122 Å². The maximum absolute atomic E-state index is 2.55. The van der Waals surface area contributed by atoms with Crippen LogP contribution in [0.4, 0.5) is 0 Å². The van der Waals surface area contributed by atoms with Crippen molar-refractivity contribution in [1.29, 1.82) is 0 Å². The van der Waals surface area contributed by atoms with Crippen LogP contribution in [0, 0.1) is 5.92 Å². The average molecular weight is 1130 g/mol. The van der Waals surface area contributed by atoms with E-state index in [1.165, 1.54) is 152 Å². The lowest BCUT2D eigenvalue weighted by Crippen LogP contribution is -2.25. The van der Waals surface area contributed by atoms with E-state index in [2.05, 4.69) is 306 Å². The highest BCUT2D eigenvalue weighted by Gasteiger charge is 2.45. The maximum Gasteiger partial charge on any atom is 0.0541 e. The Bertz CT molecular complexity index is 5120. The number of fused-ring (bicyclic) bond motifs is 15. The van der Waals surface area contributed by atoms with Crippen molar-refractivity contribution in [2.75, 3.05) is 0 Å². The van der Waals surface area contributed by atoms with Gasteiger partial charge >= 0.3 is 0 Å². The topological polar surface area (TPSA) is 9.86 Å². The Morgan fingerprint density at radius 1 is 0.388 bits per heavy atom. The largest absolute Gasteiger partial charge is 0.310 e. The van der Waals surface area contributed by atoms with Crippen molar-refractivity contribution in [2.45, 2.75) is 63.7 Å². The summed E-state index contributed by atoms with van der Waals surface area (Å²) in [4.78, 5) is 5.03. The molecule has 0 radical (unpaired) electrons. The second-order valence-corrected chi connectivity index (χ2v) is 27.9. The van der Waals surface area contributed by atoms with E-state index in [4.69, 9.17) is 0 Å². The van der Waals surface area contributed by atoms with Crippen molar-refractivity contribution in [2.24, 2.45) is 5.92 Å². The molecule has 0 N–H and O–H groups in total. The first-order valence-corrected chi connectivity index (χ1v) is 31.7. The molecule has 2 unspecified atom stereocenters. The Morgan fingerprint density at radius 3 is 1.52 bits per heavy atom. The summed E-state index contributed by atoms with van der Waals surface area (Å²) in [7, 11) is 0. The molecule has 9 aromatic carbocycles. The van der Waals surface area contributed by atoms with Crippen LogP contribution in [0.1, 0.15) is 102 Å².